The van der Waals surface area contributed by atoms with Crippen molar-refractivity contribution in [1.82, 2.24) is 14.8 Å². The van der Waals surface area contributed by atoms with E-state index < -0.39 is 36.0 Å². The highest BCUT2D eigenvalue weighted by Crippen LogP contribution is 2.27. The van der Waals surface area contributed by atoms with E-state index in [1.165, 1.54) is 0 Å². The summed E-state index contributed by atoms with van der Waals surface area (Å²) in [6.07, 6.45) is 9.10. The zero-order chi connectivity index (χ0) is 30.0. The Morgan fingerprint density at radius 3 is 2.76 bits per heavy atom. The third kappa shape index (κ3) is 10.1. The van der Waals surface area contributed by atoms with E-state index in [9.17, 15) is 19.8 Å². The van der Waals surface area contributed by atoms with E-state index in [4.69, 9.17) is 9.47 Å². The summed E-state index contributed by atoms with van der Waals surface area (Å²) >= 11 is 0. The molecule has 0 bridgehead atoms. The van der Waals surface area contributed by atoms with Crippen LogP contribution in [0.5, 0.6) is 0 Å². The first-order valence-corrected chi connectivity index (χ1v) is 14.6. The standard InChI is InChI=1S/C32H47N3O6/c1-23(27-12-6-7-17-33-27)10-8-11-24(2)30-25(3)13-14-28(32(4,39)16-15-26(36)22-29(37)41-30)40-31(38)35-19-9-18-34(5)20-21-35/h6-8,10-14,17,23,25-26,28,30,36,39H,9,15-16,18-22H2,1-5H3/b10-8+,14-13+,24-11+/t23-,25-,26-,28+,30+,32-/m0/s1. The van der Waals surface area contributed by atoms with Gasteiger partial charge in [0.25, 0.3) is 0 Å². The van der Waals surface area contributed by atoms with Gasteiger partial charge in [-0.25, -0.2) is 4.79 Å². The van der Waals surface area contributed by atoms with Crippen molar-refractivity contribution in [2.45, 2.75) is 83.2 Å². The summed E-state index contributed by atoms with van der Waals surface area (Å²) in [6.45, 7) is 10.3. The number of carbonyl (C=O) groups is 2. The van der Waals surface area contributed by atoms with Crippen molar-refractivity contribution in [2.75, 3.05) is 33.2 Å². The van der Waals surface area contributed by atoms with Crippen LogP contribution in [0.25, 0.3) is 0 Å². The molecule has 9 heteroatoms. The lowest BCUT2D eigenvalue weighted by atomic mass is 9.88. The van der Waals surface area contributed by atoms with Gasteiger partial charge in [0.1, 0.15) is 11.7 Å². The Morgan fingerprint density at radius 2 is 2.02 bits per heavy atom. The number of nitrogens with zero attached hydrogens (tertiary/aromatic N) is 3. The van der Waals surface area contributed by atoms with E-state index in [0.717, 1.165) is 30.8 Å². The minimum atomic E-state index is -1.44. The number of cyclic esters (lactones) is 1. The summed E-state index contributed by atoms with van der Waals surface area (Å²) in [5.74, 6) is -0.693. The summed E-state index contributed by atoms with van der Waals surface area (Å²) < 4.78 is 11.7. The zero-order valence-corrected chi connectivity index (χ0v) is 25.1. The minimum absolute atomic E-state index is 0.105. The monoisotopic (exact) mass is 569 g/mol. The lowest BCUT2D eigenvalue weighted by Gasteiger charge is -2.34. The number of aliphatic hydroxyl groups is 2. The quantitative estimate of drug-likeness (QED) is 0.308. The van der Waals surface area contributed by atoms with Gasteiger partial charge >= 0.3 is 12.1 Å². The fourth-order valence-corrected chi connectivity index (χ4v) is 5.08. The molecule has 226 valence electrons. The topological polar surface area (TPSA) is 112 Å². The van der Waals surface area contributed by atoms with Crippen molar-refractivity contribution in [3.63, 3.8) is 0 Å². The average molecular weight is 570 g/mol. The molecule has 1 fully saturated rings. The molecular weight excluding hydrogens is 522 g/mol. The SMILES string of the molecule is C/C(=C\C=C\[C@H](C)c1ccccn1)[C@H]1OC(=O)C[C@@H](O)CC[C@](C)(O)[C@H](OC(=O)N2CCCN(C)CC2)/C=C/[C@@H]1C. The van der Waals surface area contributed by atoms with Crippen LogP contribution in [0.1, 0.15) is 65.0 Å². The maximum Gasteiger partial charge on any atom is 0.410 e. The van der Waals surface area contributed by atoms with Crippen LogP contribution >= 0.6 is 0 Å². The van der Waals surface area contributed by atoms with Gasteiger partial charge in [0.2, 0.25) is 0 Å². The van der Waals surface area contributed by atoms with Gasteiger partial charge in [0, 0.05) is 43.4 Å². The van der Waals surface area contributed by atoms with E-state index >= 15 is 0 Å². The van der Waals surface area contributed by atoms with E-state index in [0.29, 0.717) is 13.1 Å². The number of aromatic nitrogens is 1. The maximum atomic E-state index is 13.1. The average Bonchev–Trinajstić information content (AvgIpc) is 3.16. The number of likely N-dealkylation sites (N-methyl/N-ethyl adjacent to an activating group) is 1. The fraction of sp³-hybridized carbons (Fsp3) is 0.594. The third-order valence-electron chi connectivity index (χ3n) is 7.89. The first kappa shape index (κ1) is 32.5. The smallest absolute Gasteiger partial charge is 0.410 e. The zero-order valence-electron chi connectivity index (χ0n) is 25.1. The second kappa shape index (κ2) is 15.3. The van der Waals surface area contributed by atoms with E-state index in [1.807, 2.05) is 63.4 Å². The van der Waals surface area contributed by atoms with Gasteiger partial charge in [-0.05, 0) is 70.5 Å². The highest BCUT2D eigenvalue weighted by atomic mass is 16.6. The molecule has 2 N–H and O–H groups in total. The van der Waals surface area contributed by atoms with E-state index in [2.05, 4.69) is 16.8 Å². The highest BCUT2D eigenvalue weighted by Gasteiger charge is 2.36. The molecule has 0 saturated carbocycles. The van der Waals surface area contributed by atoms with Crippen molar-refractivity contribution >= 4 is 12.1 Å². The molecule has 9 nitrogen and oxygen atoms in total. The largest absolute Gasteiger partial charge is 0.457 e. The van der Waals surface area contributed by atoms with Gasteiger partial charge < -0.3 is 29.5 Å². The molecule has 2 aliphatic heterocycles. The second-order valence-corrected chi connectivity index (χ2v) is 11.7. The number of pyridine rings is 1. The molecule has 3 heterocycles. The first-order valence-electron chi connectivity index (χ1n) is 14.6. The van der Waals surface area contributed by atoms with Crippen molar-refractivity contribution in [1.29, 1.82) is 0 Å². The van der Waals surface area contributed by atoms with Crippen LogP contribution in [0.2, 0.25) is 0 Å². The molecule has 0 radical (unpaired) electrons. The van der Waals surface area contributed by atoms with Crippen LogP contribution in [-0.2, 0) is 14.3 Å². The molecule has 41 heavy (non-hydrogen) atoms. The lowest BCUT2D eigenvalue weighted by Crippen LogP contribution is -2.45. The number of hydrogen-bond donors (Lipinski definition) is 2. The molecule has 1 aromatic rings. The van der Waals surface area contributed by atoms with Crippen molar-refractivity contribution in [2.24, 2.45) is 5.92 Å². The number of ether oxygens (including phenoxy) is 2. The number of allylic oxidation sites excluding steroid dienone is 3. The molecule has 6 atom stereocenters. The molecule has 1 amide bonds. The van der Waals surface area contributed by atoms with E-state index in [1.54, 1.807) is 24.1 Å². The molecule has 3 rings (SSSR count). The van der Waals surface area contributed by atoms with E-state index in [-0.39, 0.29) is 31.1 Å². The summed E-state index contributed by atoms with van der Waals surface area (Å²) in [5, 5.41) is 21.9. The third-order valence-corrected chi connectivity index (χ3v) is 7.89. The Balaban J connectivity index is 1.81. The Labute approximate surface area is 244 Å². The normalized spacial score (nSPS) is 31.0. The second-order valence-electron chi connectivity index (χ2n) is 11.7. The number of aliphatic hydroxyl groups excluding tert-OH is 1. The Bertz CT molecular complexity index is 1090. The maximum absolute atomic E-state index is 13.1. The number of carbonyl (C=O) groups excluding carboxylic acids is 2. The van der Waals surface area contributed by atoms with Gasteiger partial charge in [-0.15, -0.1) is 0 Å². The van der Waals surface area contributed by atoms with Gasteiger partial charge in [-0.2, -0.15) is 0 Å². The molecule has 0 spiro atoms. The summed E-state index contributed by atoms with van der Waals surface area (Å²) in [5.41, 5.74) is 0.335. The number of hydrogen-bond acceptors (Lipinski definition) is 8. The van der Waals surface area contributed by atoms with Gasteiger partial charge in [0.15, 0.2) is 6.10 Å². The lowest BCUT2D eigenvalue weighted by molar-refractivity contribution is -0.151. The van der Waals surface area contributed by atoms with Gasteiger partial charge in [-0.1, -0.05) is 44.2 Å². The van der Waals surface area contributed by atoms with Gasteiger partial charge in [-0.3, -0.25) is 9.78 Å². The minimum Gasteiger partial charge on any atom is -0.457 e. The summed E-state index contributed by atoms with van der Waals surface area (Å²) in [4.78, 5) is 34.1. The molecule has 0 aromatic carbocycles. The predicted molar refractivity (Wildman–Crippen MR) is 158 cm³/mol. The molecule has 0 aliphatic carbocycles. The Hall–Kier alpha value is -3.01. The number of esters is 1. The summed E-state index contributed by atoms with van der Waals surface area (Å²) in [7, 11) is 2.03. The molecular formula is C32H47N3O6. The number of amides is 1. The molecule has 1 saturated heterocycles. The van der Waals surface area contributed by atoms with Crippen molar-refractivity contribution in [3.8, 4) is 0 Å². The number of rotatable bonds is 5. The highest BCUT2D eigenvalue weighted by molar-refractivity contribution is 5.70. The summed E-state index contributed by atoms with van der Waals surface area (Å²) in [6, 6.07) is 5.81. The van der Waals surface area contributed by atoms with Gasteiger partial charge in [0.05, 0.1) is 12.5 Å². The Kier molecular flexibility index (Phi) is 12.1. The first-order chi connectivity index (χ1) is 19.5. The Morgan fingerprint density at radius 1 is 1.24 bits per heavy atom. The van der Waals surface area contributed by atoms with Crippen LogP contribution in [0, 0.1) is 5.92 Å². The van der Waals surface area contributed by atoms with Crippen molar-refractivity contribution in [3.05, 3.63) is 66.0 Å². The molecule has 2 aliphatic rings. The van der Waals surface area contributed by atoms with Crippen LogP contribution in [0.4, 0.5) is 4.79 Å². The molecule has 1 aromatic heterocycles. The fourth-order valence-electron chi connectivity index (χ4n) is 5.08. The van der Waals surface area contributed by atoms with Crippen LogP contribution < -0.4 is 0 Å². The van der Waals surface area contributed by atoms with Crippen LogP contribution in [0.3, 0.4) is 0 Å². The van der Waals surface area contributed by atoms with Crippen LogP contribution in [0.15, 0.2) is 60.3 Å². The van der Waals surface area contributed by atoms with Crippen LogP contribution in [-0.4, -0.2) is 94.2 Å². The predicted octanol–water partition coefficient (Wildman–Crippen LogP) is 4.23. The molecule has 0 unspecified atom stereocenters. The van der Waals surface area contributed by atoms with Crippen molar-refractivity contribution < 1.29 is 29.3 Å².